The molecule has 0 aliphatic carbocycles. The van der Waals surface area contributed by atoms with Crippen LogP contribution in [-0.2, 0) is 14.1 Å². The molecule has 1 rings (SSSR count). The summed E-state index contributed by atoms with van der Waals surface area (Å²) in [4.78, 5) is 11.7. The minimum absolute atomic E-state index is 0.178. The van der Waals surface area contributed by atoms with Gasteiger partial charge in [0.25, 0.3) is 0 Å². The minimum Gasteiger partial charge on any atom is -0.591 e. The molecule has 0 N–H and O–H groups in total. The average Bonchev–Trinajstić information content (AvgIpc) is 2.50. The number of nitrogens with zero attached hydrogens (tertiary/aromatic N) is 1. The Labute approximate surface area is 99.0 Å². The Morgan fingerprint density at radius 3 is 2.47 bits per heavy atom. The second-order valence-electron chi connectivity index (χ2n) is 4.29. The van der Waals surface area contributed by atoms with Crippen LogP contribution in [0, 0.1) is 5.92 Å². The van der Waals surface area contributed by atoms with E-state index in [2.05, 4.69) is 15.9 Å². The van der Waals surface area contributed by atoms with Crippen LogP contribution in [0.4, 0.5) is 8.63 Å². The van der Waals surface area contributed by atoms with Crippen LogP contribution in [0.1, 0.15) is 13.8 Å². The maximum atomic E-state index is 13.3. The Kier molecular flexibility index (Phi) is 3.43. The Bertz CT molecular complexity index is 393. The van der Waals surface area contributed by atoms with Crippen molar-refractivity contribution in [2.75, 3.05) is 14.1 Å². The highest BCUT2D eigenvalue weighted by atomic mass is 19.3. The molecule has 1 aliphatic heterocycles. The van der Waals surface area contributed by atoms with E-state index in [0.29, 0.717) is 0 Å². The molecule has 0 aromatic carbocycles. The van der Waals surface area contributed by atoms with Crippen LogP contribution in [0.25, 0.3) is 0 Å². The van der Waals surface area contributed by atoms with E-state index >= 15 is 0 Å². The fourth-order valence-corrected chi connectivity index (χ4v) is 1.97. The van der Waals surface area contributed by atoms with E-state index < -0.39 is 24.4 Å². The molecule has 0 saturated carbocycles. The quantitative estimate of drug-likeness (QED) is 0.427. The van der Waals surface area contributed by atoms with Crippen molar-refractivity contribution in [2.45, 2.75) is 19.4 Å². The maximum absolute atomic E-state index is 13.3. The topological polar surface area (TPSA) is 38.5 Å². The summed E-state index contributed by atoms with van der Waals surface area (Å²) >= 11 is 0. The summed E-state index contributed by atoms with van der Waals surface area (Å²) in [6.45, 7) is 6.30. The van der Waals surface area contributed by atoms with Gasteiger partial charge in [-0.3, -0.25) is 4.79 Å². The molecular weight excluding hydrogens is 231 g/mol. The van der Waals surface area contributed by atoms with Crippen LogP contribution in [-0.4, -0.2) is 43.1 Å². The van der Waals surface area contributed by atoms with Gasteiger partial charge in [-0.05, 0) is 6.92 Å². The SMILES string of the molecule is C=C[C@H](C)[C@]1(C(C)=O)O[B-](F)(F)OC1=[N+](C)C. The lowest BCUT2D eigenvalue weighted by Gasteiger charge is -2.30. The first-order valence-corrected chi connectivity index (χ1v) is 5.25. The molecule has 7 heteroatoms. The lowest BCUT2D eigenvalue weighted by Crippen LogP contribution is -2.51. The molecule has 0 bridgehead atoms. The van der Waals surface area contributed by atoms with Crippen LogP contribution in [0.2, 0.25) is 0 Å². The third-order valence-corrected chi connectivity index (χ3v) is 2.81. The summed E-state index contributed by atoms with van der Waals surface area (Å²) in [5.41, 5.74) is -1.78. The normalized spacial score (nSPS) is 28.5. The van der Waals surface area contributed by atoms with Gasteiger partial charge in [0.2, 0.25) is 5.60 Å². The van der Waals surface area contributed by atoms with Crippen LogP contribution >= 0.6 is 0 Å². The molecule has 0 unspecified atom stereocenters. The number of rotatable bonds is 3. The molecule has 17 heavy (non-hydrogen) atoms. The van der Waals surface area contributed by atoms with Crippen molar-refractivity contribution >= 4 is 18.8 Å². The predicted molar refractivity (Wildman–Crippen MR) is 60.0 cm³/mol. The summed E-state index contributed by atoms with van der Waals surface area (Å²) in [7, 11) is -1.44. The zero-order chi connectivity index (χ0) is 13.4. The average molecular weight is 247 g/mol. The van der Waals surface area contributed by atoms with Gasteiger partial charge in [0.1, 0.15) is 14.1 Å². The first-order chi connectivity index (χ1) is 7.67. The number of halogens is 2. The number of hydrogen-bond acceptors (Lipinski definition) is 3. The van der Waals surface area contributed by atoms with Crippen molar-refractivity contribution in [3.63, 3.8) is 0 Å². The van der Waals surface area contributed by atoms with Crippen molar-refractivity contribution in [1.82, 2.24) is 0 Å². The second kappa shape index (κ2) is 4.21. The third-order valence-electron chi connectivity index (χ3n) is 2.81. The molecule has 0 aromatic rings. The third kappa shape index (κ3) is 2.11. The summed E-state index contributed by atoms with van der Waals surface area (Å²) in [5.74, 6) is -1.33. The molecule has 2 atom stereocenters. The van der Waals surface area contributed by atoms with E-state index in [4.69, 9.17) is 0 Å². The largest absolute Gasteiger partial charge is 0.668 e. The van der Waals surface area contributed by atoms with Gasteiger partial charge in [-0.1, -0.05) is 13.0 Å². The highest BCUT2D eigenvalue weighted by Crippen LogP contribution is 2.38. The highest BCUT2D eigenvalue weighted by Gasteiger charge is 2.62. The standard InChI is InChI=1S/C10H16BF2NO3/c1-6-7(2)10(8(3)15)9(14(4)5)16-11(12,13)17-10/h6-7H,1H2,2-5H3/t7-,10+/m0/s1. The second-order valence-corrected chi connectivity index (χ2v) is 4.29. The molecular formula is C10H16BF2NO3. The monoisotopic (exact) mass is 247 g/mol. The molecule has 0 aromatic heterocycles. The summed E-state index contributed by atoms with van der Waals surface area (Å²) in [6.07, 6.45) is 1.39. The van der Waals surface area contributed by atoms with Crippen molar-refractivity contribution in [3.05, 3.63) is 12.7 Å². The molecule has 96 valence electrons. The number of Topliss-reactive ketones (excluding diaryl/α,β-unsaturated/α-hetero) is 1. The van der Waals surface area contributed by atoms with Gasteiger partial charge in [-0.25, -0.2) is 4.58 Å². The fourth-order valence-electron chi connectivity index (χ4n) is 1.97. The van der Waals surface area contributed by atoms with Gasteiger partial charge in [0, 0.05) is 5.92 Å². The first-order valence-electron chi connectivity index (χ1n) is 5.25. The Balaban J connectivity index is 3.43. The van der Waals surface area contributed by atoms with Crippen molar-refractivity contribution in [1.29, 1.82) is 0 Å². The fraction of sp³-hybridized carbons (Fsp3) is 0.600. The van der Waals surface area contributed by atoms with E-state index in [-0.39, 0.29) is 5.90 Å². The van der Waals surface area contributed by atoms with E-state index in [0.717, 1.165) is 0 Å². The van der Waals surface area contributed by atoms with E-state index in [1.54, 1.807) is 6.92 Å². The van der Waals surface area contributed by atoms with E-state index in [9.17, 15) is 13.4 Å². The van der Waals surface area contributed by atoms with Crippen molar-refractivity contribution in [2.24, 2.45) is 5.92 Å². The molecule has 1 fully saturated rings. The lowest BCUT2D eigenvalue weighted by atomic mass is 9.84. The zero-order valence-corrected chi connectivity index (χ0v) is 10.4. The Morgan fingerprint density at radius 1 is 1.59 bits per heavy atom. The zero-order valence-electron chi connectivity index (χ0n) is 10.4. The smallest absolute Gasteiger partial charge is 0.591 e. The van der Waals surface area contributed by atoms with Crippen LogP contribution in [0.3, 0.4) is 0 Å². The van der Waals surface area contributed by atoms with E-state index in [1.807, 2.05) is 0 Å². The van der Waals surface area contributed by atoms with Gasteiger partial charge >= 0.3 is 13.0 Å². The van der Waals surface area contributed by atoms with Gasteiger partial charge in [0.15, 0.2) is 5.78 Å². The Hall–Kier alpha value is -1.24. The number of ketones is 1. The summed E-state index contributed by atoms with van der Waals surface area (Å²) in [6, 6.07) is 0. The number of carbonyl (C=O) groups is 1. The first kappa shape index (κ1) is 13.8. The lowest BCUT2D eigenvalue weighted by molar-refractivity contribution is -0.475. The van der Waals surface area contributed by atoms with Gasteiger partial charge in [-0.15, -0.1) is 6.58 Å². The van der Waals surface area contributed by atoms with Crippen molar-refractivity contribution in [3.8, 4) is 0 Å². The predicted octanol–water partition coefficient (Wildman–Crippen LogP) is 1.23. The Morgan fingerprint density at radius 2 is 2.12 bits per heavy atom. The maximum Gasteiger partial charge on any atom is 0.668 e. The molecule has 4 nitrogen and oxygen atoms in total. The molecule has 0 radical (unpaired) electrons. The summed E-state index contributed by atoms with van der Waals surface area (Å²) in [5, 5.41) is 0. The van der Waals surface area contributed by atoms with Gasteiger partial charge in [0.05, 0.1) is 0 Å². The molecule has 1 heterocycles. The van der Waals surface area contributed by atoms with Crippen LogP contribution < -0.4 is 0 Å². The molecule has 1 aliphatic rings. The number of hydrogen-bond donors (Lipinski definition) is 0. The van der Waals surface area contributed by atoms with E-state index in [1.165, 1.54) is 31.7 Å². The molecule has 0 spiro atoms. The van der Waals surface area contributed by atoms with Gasteiger partial charge < -0.3 is 17.9 Å². The minimum atomic E-state index is -4.47. The van der Waals surface area contributed by atoms with Crippen LogP contribution in [0.5, 0.6) is 0 Å². The molecule has 0 amide bonds. The van der Waals surface area contributed by atoms with Crippen LogP contribution in [0.15, 0.2) is 12.7 Å². The van der Waals surface area contributed by atoms with Crippen molar-refractivity contribution < 1.29 is 27.3 Å². The number of carbonyl (C=O) groups excluding carboxylic acids is 1. The summed E-state index contributed by atoms with van der Waals surface area (Å²) < 4.78 is 37.0. The van der Waals surface area contributed by atoms with Gasteiger partial charge in [-0.2, -0.15) is 0 Å². The highest BCUT2D eigenvalue weighted by molar-refractivity contribution is 6.57. The molecule has 1 saturated heterocycles.